The van der Waals surface area contributed by atoms with Gasteiger partial charge in [-0.15, -0.1) is 0 Å². The lowest BCUT2D eigenvalue weighted by Gasteiger charge is -2.20. The molecule has 0 aromatic heterocycles. The summed E-state index contributed by atoms with van der Waals surface area (Å²) in [6.07, 6.45) is 1.72. The van der Waals surface area contributed by atoms with Gasteiger partial charge >= 0.3 is 0 Å². The molecule has 3 rings (SSSR count). The highest BCUT2D eigenvalue weighted by molar-refractivity contribution is 5.53. The Morgan fingerprint density at radius 1 is 0.850 bits per heavy atom. The molecule has 1 aliphatic rings. The Balaban J connectivity index is 2.04. The second kappa shape index (κ2) is 4.97. The minimum Gasteiger partial charge on any atom is -0.250 e. The summed E-state index contributed by atoms with van der Waals surface area (Å²) < 4.78 is 0. The minimum absolute atomic E-state index is 0.523. The summed E-state index contributed by atoms with van der Waals surface area (Å²) in [6, 6.07) is 16.8. The molecule has 1 N–H and O–H groups in total. The van der Waals surface area contributed by atoms with E-state index in [0.717, 1.165) is 29.9 Å². The Hall–Kier alpha value is -1.77. The van der Waals surface area contributed by atoms with Crippen LogP contribution in [0.2, 0.25) is 0 Å². The first-order valence-electron chi connectivity index (χ1n) is 6.99. The van der Waals surface area contributed by atoms with Crippen LogP contribution >= 0.6 is 0 Å². The third-order valence-electron chi connectivity index (χ3n) is 4.01. The van der Waals surface area contributed by atoms with Crippen molar-refractivity contribution in [3.05, 3.63) is 76.7 Å². The van der Waals surface area contributed by atoms with Crippen LogP contribution in [0.4, 0.5) is 0 Å². The molecule has 0 bridgehead atoms. The molecule has 0 atom stereocenters. The largest absolute Gasteiger partial charge is 0.250 e. The van der Waals surface area contributed by atoms with Gasteiger partial charge in [0.2, 0.25) is 0 Å². The number of rotatable bonds is 4. The van der Waals surface area contributed by atoms with Gasteiger partial charge in [0.05, 0.1) is 17.0 Å². The Morgan fingerprint density at radius 3 is 1.55 bits per heavy atom. The van der Waals surface area contributed by atoms with E-state index in [-0.39, 0.29) is 0 Å². The first-order chi connectivity index (χ1) is 9.64. The van der Waals surface area contributed by atoms with E-state index >= 15 is 0 Å². The van der Waals surface area contributed by atoms with Gasteiger partial charge in [-0.1, -0.05) is 0 Å². The maximum absolute atomic E-state index is 9.34. The molecule has 0 radical (unpaired) electrons. The summed E-state index contributed by atoms with van der Waals surface area (Å²) >= 11 is 0. The van der Waals surface area contributed by atoms with Crippen LogP contribution in [0.1, 0.15) is 35.1 Å². The summed E-state index contributed by atoms with van der Waals surface area (Å²) in [4.78, 5) is 4.84. The van der Waals surface area contributed by atoms with E-state index in [1.165, 1.54) is 11.1 Å². The number of hydrogen-bond acceptors (Lipinski definition) is 2. The van der Waals surface area contributed by atoms with Crippen molar-refractivity contribution in [2.24, 2.45) is 0 Å². The van der Waals surface area contributed by atoms with Gasteiger partial charge in [0.15, 0.2) is 5.60 Å². The summed E-state index contributed by atoms with van der Waals surface area (Å²) in [5, 5.41) is 9.34. The van der Waals surface area contributed by atoms with Crippen molar-refractivity contribution in [3.8, 4) is 0 Å². The van der Waals surface area contributed by atoms with E-state index in [0.29, 0.717) is 0 Å². The molecule has 2 aromatic carbocycles. The SMILES string of the molecule is Cc1ccc([C+](c2ccc(C)cc2)C2(OO)CC2)cc1. The lowest BCUT2D eigenvalue weighted by molar-refractivity contribution is -0.283. The molecule has 1 aliphatic carbocycles. The van der Waals surface area contributed by atoms with Gasteiger partial charge in [0, 0.05) is 24.3 Å². The van der Waals surface area contributed by atoms with Gasteiger partial charge in [-0.05, 0) is 62.1 Å². The van der Waals surface area contributed by atoms with Crippen molar-refractivity contribution in [2.75, 3.05) is 0 Å². The lowest BCUT2D eigenvalue weighted by atomic mass is 9.84. The van der Waals surface area contributed by atoms with Crippen LogP contribution in [-0.4, -0.2) is 10.9 Å². The van der Waals surface area contributed by atoms with Crippen molar-refractivity contribution >= 4 is 0 Å². The molecule has 0 aliphatic heterocycles. The normalized spacial score (nSPS) is 15.9. The third kappa shape index (κ3) is 2.33. The van der Waals surface area contributed by atoms with Crippen molar-refractivity contribution < 1.29 is 10.1 Å². The molecule has 102 valence electrons. The van der Waals surface area contributed by atoms with Gasteiger partial charge in [-0.2, -0.15) is 0 Å². The molecule has 0 unspecified atom stereocenters. The Morgan fingerprint density at radius 2 is 1.25 bits per heavy atom. The fourth-order valence-electron chi connectivity index (χ4n) is 2.63. The monoisotopic (exact) mass is 267 g/mol. The number of hydrogen-bond donors (Lipinski definition) is 1. The topological polar surface area (TPSA) is 29.5 Å². The van der Waals surface area contributed by atoms with Crippen LogP contribution in [0.3, 0.4) is 0 Å². The Bertz CT molecular complexity index is 534. The zero-order valence-corrected chi connectivity index (χ0v) is 11.9. The Kier molecular flexibility index (Phi) is 3.28. The van der Waals surface area contributed by atoms with Crippen LogP contribution in [0.25, 0.3) is 0 Å². The molecule has 0 amide bonds. The fraction of sp³-hybridized carbons (Fsp3) is 0.278. The van der Waals surface area contributed by atoms with E-state index in [1.54, 1.807) is 0 Å². The molecular formula is C18H19O2+. The average molecular weight is 267 g/mol. The van der Waals surface area contributed by atoms with Gasteiger partial charge in [-0.25, -0.2) is 4.89 Å². The van der Waals surface area contributed by atoms with E-state index in [4.69, 9.17) is 4.89 Å². The summed E-state index contributed by atoms with van der Waals surface area (Å²) in [5.74, 6) is 1.08. The predicted octanol–water partition coefficient (Wildman–Crippen LogP) is 4.30. The summed E-state index contributed by atoms with van der Waals surface area (Å²) in [5.41, 5.74) is 4.17. The second-order valence-corrected chi connectivity index (χ2v) is 5.69. The van der Waals surface area contributed by atoms with Crippen molar-refractivity contribution in [3.63, 3.8) is 0 Å². The highest BCUT2D eigenvalue weighted by Crippen LogP contribution is 2.52. The molecule has 1 fully saturated rings. The standard InChI is InChI=1S/C18H18O2/c1-13-3-7-15(8-4-13)17(18(20-19)11-12-18)16-9-5-14(2)6-10-16/h3-10H,11-12H2,1-2H3/p+1. The zero-order valence-electron chi connectivity index (χ0n) is 11.9. The summed E-state index contributed by atoms with van der Waals surface area (Å²) in [6.45, 7) is 4.15. The maximum atomic E-state index is 9.34. The van der Waals surface area contributed by atoms with E-state index in [9.17, 15) is 5.26 Å². The van der Waals surface area contributed by atoms with Crippen LogP contribution in [0.5, 0.6) is 0 Å². The molecule has 2 nitrogen and oxygen atoms in total. The molecular weight excluding hydrogens is 248 g/mol. The molecule has 0 spiro atoms. The van der Waals surface area contributed by atoms with Crippen LogP contribution in [0, 0.1) is 19.8 Å². The van der Waals surface area contributed by atoms with E-state index in [1.807, 2.05) is 0 Å². The van der Waals surface area contributed by atoms with Crippen LogP contribution in [-0.2, 0) is 4.89 Å². The summed E-state index contributed by atoms with van der Waals surface area (Å²) in [7, 11) is 0. The van der Waals surface area contributed by atoms with E-state index < -0.39 is 5.60 Å². The van der Waals surface area contributed by atoms with Gasteiger partial charge in [-0.3, -0.25) is 5.26 Å². The molecule has 2 aromatic rings. The highest BCUT2D eigenvalue weighted by Gasteiger charge is 2.56. The fourth-order valence-corrected chi connectivity index (χ4v) is 2.63. The zero-order chi connectivity index (χ0) is 14.2. The molecule has 0 heterocycles. The van der Waals surface area contributed by atoms with Crippen LogP contribution < -0.4 is 0 Å². The first-order valence-corrected chi connectivity index (χ1v) is 6.99. The molecule has 0 saturated heterocycles. The molecule has 2 heteroatoms. The first kappa shape index (κ1) is 13.2. The van der Waals surface area contributed by atoms with Gasteiger partial charge in [0.25, 0.3) is 0 Å². The number of benzene rings is 2. The van der Waals surface area contributed by atoms with Gasteiger partial charge in [0.1, 0.15) is 0 Å². The lowest BCUT2D eigenvalue weighted by Crippen LogP contribution is -2.25. The average Bonchev–Trinajstić information content (AvgIpc) is 3.24. The van der Waals surface area contributed by atoms with Crippen molar-refractivity contribution in [2.45, 2.75) is 32.3 Å². The molecule has 1 saturated carbocycles. The van der Waals surface area contributed by atoms with E-state index in [2.05, 4.69) is 62.4 Å². The Labute approximate surface area is 120 Å². The minimum atomic E-state index is -0.523. The highest BCUT2D eigenvalue weighted by atomic mass is 17.1. The third-order valence-corrected chi connectivity index (χ3v) is 4.01. The number of aryl methyl sites for hydroxylation is 2. The van der Waals surface area contributed by atoms with Gasteiger partial charge < -0.3 is 0 Å². The predicted molar refractivity (Wildman–Crippen MR) is 79.5 cm³/mol. The van der Waals surface area contributed by atoms with Crippen LogP contribution in [0.15, 0.2) is 48.5 Å². The molecule has 20 heavy (non-hydrogen) atoms. The quantitative estimate of drug-likeness (QED) is 0.508. The van der Waals surface area contributed by atoms with Crippen molar-refractivity contribution in [1.29, 1.82) is 0 Å². The maximum Gasteiger partial charge on any atom is 0.157 e. The van der Waals surface area contributed by atoms with Crippen molar-refractivity contribution in [1.82, 2.24) is 0 Å². The smallest absolute Gasteiger partial charge is 0.157 e. The second-order valence-electron chi connectivity index (χ2n) is 5.69.